The van der Waals surface area contributed by atoms with Gasteiger partial charge in [0.25, 0.3) is 0 Å². The summed E-state index contributed by atoms with van der Waals surface area (Å²) in [6.07, 6.45) is 6.32. The van der Waals surface area contributed by atoms with Gasteiger partial charge in [0.05, 0.1) is 4.88 Å². The molecule has 0 aromatic carbocycles. The zero-order valence-electron chi connectivity index (χ0n) is 12.9. The van der Waals surface area contributed by atoms with E-state index in [0.29, 0.717) is 5.92 Å². The largest absolute Gasteiger partial charge is 0.370 e. The van der Waals surface area contributed by atoms with Crippen LogP contribution in [0.5, 0.6) is 0 Å². The Hall–Kier alpha value is -1.42. The molecule has 1 saturated carbocycles. The van der Waals surface area contributed by atoms with Crippen LogP contribution >= 0.6 is 11.3 Å². The van der Waals surface area contributed by atoms with Crippen LogP contribution in [0.3, 0.4) is 0 Å². The molecule has 1 fully saturated rings. The van der Waals surface area contributed by atoms with E-state index in [9.17, 15) is 0 Å². The Kier molecular flexibility index (Phi) is 4.54. The molecule has 0 spiro atoms. The maximum atomic E-state index is 4.87. The first-order chi connectivity index (χ1) is 10.3. The molecule has 3 rings (SSSR count). The minimum Gasteiger partial charge on any atom is -0.370 e. The lowest BCUT2D eigenvalue weighted by Gasteiger charge is -2.13. The van der Waals surface area contributed by atoms with Gasteiger partial charge in [0.15, 0.2) is 5.82 Å². The Morgan fingerprint density at radius 2 is 2.05 bits per heavy atom. The number of thiophene rings is 1. The number of nitrogens with one attached hydrogen (secondary N) is 1. The van der Waals surface area contributed by atoms with Crippen LogP contribution in [0.1, 0.15) is 55.5 Å². The van der Waals surface area contributed by atoms with Gasteiger partial charge in [-0.2, -0.15) is 0 Å². The lowest BCUT2D eigenvalue weighted by molar-refractivity contribution is 0.695. The third-order valence-corrected chi connectivity index (χ3v) is 5.03. The van der Waals surface area contributed by atoms with Crippen molar-refractivity contribution in [2.24, 2.45) is 0 Å². The van der Waals surface area contributed by atoms with E-state index in [0.717, 1.165) is 24.6 Å². The molecule has 1 N–H and O–H groups in total. The summed E-state index contributed by atoms with van der Waals surface area (Å²) in [5.41, 5.74) is 1.22. The van der Waals surface area contributed by atoms with Gasteiger partial charge in [-0.1, -0.05) is 19.8 Å². The van der Waals surface area contributed by atoms with E-state index in [1.807, 2.05) is 0 Å². The predicted molar refractivity (Wildman–Crippen MR) is 90.1 cm³/mol. The van der Waals surface area contributed by atoms with E-state index >= 15 is 0 Å². The minimum atomic E-state index is 0.620. The summed E-state index contributed by atoms with van der Waals surface area (Å²) in [5, 5.41) is 3.43. The summed E-state index contributed by atoms with van der Waals surface area (Å²) in [6.45, 7) is 5.27. The average molecular weight is 301 g/mol. The van der Waals surface area contributed by atoms with E-state index in [1.165, 1.54) is 41.1 Å². The predicted octanol–water partition coefficient (Wildman–Crippen LogP) is 4.99. The molecule has 1 aliphatic carbocycles. The van der Waals surface area contributed by atoms with Crippen LogP contribution < -0.4 is 5.32 Å². The van der Waals surface area contributed by atoms with E-state index < -0.39 is 0 Å². The van der Waals surface area contributed by atoms with Gasteiger partial charge in [0.2, 0.25) is 0 Å². The second kappa shape index (κ2) is 6.56. The number of aromatic nitrogens is 2. The lowest BCUT2D eigenvalue weighted by Crippen LogP contribution is -2.07. The minimum absolute atomic E-state index is 0.620. The third-order valence-electron chi connectivity index (χ3n) is 4.04. The van der Waals surface area contributed by atoms with Crippen molar-refractivity contribution in [2.45, 2.75) is 51.9 Å². The monoisotopic (exact) mass is 301 g/mol. The Morgan fingerprint density at radius 1 is 1.24 bits per heavy atom. The normalized spacial score (nSPS) is 15.5. The SMILES string of the molecule is CCCNc1cc(C2CCCC2)nc(-c2ccc(C)s2)n1. The summed E-state index contributed by atoms with van der Waals surface area (Å²) in [6, 6.07) is 6.44. The van der Waals surface area contributed by atoms with Gasteiger partial charge < -0.3 is 5.32 Å². The van der Waals surface area contributed by atoms with Crippen LogP contribution in [-0.2, 0) is 0 Å². The molecule has 2 aromatic heterocycles. The zero-order valence-corrected chi connectivity index (χ0v) is 13.7. The fraction of sp³-hybridized carbons (Fsp3) is 0.529. The topological polar surface area (TPSA) is 37.8 Å². The smallest absolute Gasteiger partial charge is 0.171 e. The number of hydrogen-bond acceptors (Lipinski definition) is 4. The van der Waals surface area contributed by atoms with Crippen LogP contribution in [-0.4, -0.2) is 16.5 Å². The summed E-state index contributed by atoms with van der Waals surface area (Å²) in [7, 11) is 0. The van der Waals surface area contributed by atoms with E-state index in [1.54, 1.807) is 11.3 Å². The number of anilines is 1. The molecule has 4 heteroatoms. The first-order valence-corrected chi connectivity index (χ1v) is 8.77. The molecular formula is C17H23N3S. The fourth-order valence-electron chi connectivity index (χ4n) is 2.91. The average Bonchev–Trinajstić information content (AvgIpc) is 3.16. The van der Waals surface area contributed by atoms with Gasteiger partial charge in [-0.05, 0) is 38.3 Å². The first kappa shape index (κ1) is 14.5. The quantitative estimate of drug-likeness (QED) is 0.845. The highest BCUT2D eigenvalue weighted by Crippen LogP contribution is 2.35. The number of nitrogens with zero attached hydrogens (tertiary/aromatic N) is 2. The van der Waals surface area contributed by atoms with Crippen LogP contribution in [0.4, 0.5) is 5.82 Å². The van der Waals surface area contributed by atoms with Crippen molar-refractivity contribution in [3.05, 3.63) is 28.8 Å². The first-order valence-electron chi connectivity index (χ1n) is 7.96. The molecule has 0 radical (unpaired) electrons. The molecule has 0 unspecified atom stereocenters. The highest BCUT2D eigenvalue weighted by atomic mass is 32.1. The highest BCUT2D eigenvalue weighted by Gasteiger charge is 2.20. The van der Waals surface area contributed by atoms with Gasteiger partial charge in [-0.25, -0.2) is 9.97 Å². The Balaban J connectivity index is 1.95. The summed E-state index contributed by atoms with van der Waals surface area (Å²) < 4.78 is 0. The Morgan fingerprint density at radius 3 is 2.71 bits per heavy atom. The van der Waals surface area contributed by atoms with Crippen molar-refractivity contribution in [1.29, 1.82) is 0 Å². The van der Waals surface area contributed by atoms with Gasteiger partial charge >= 0.3 is 0 Å². The molecule has 0 aliphatic heterocycles. The number of hydrogen-bond donors (Lipinski definition) is 1. The molecular weight excluding hydrogens is 278 g/mol. The number of rotatable bonds is 5. The standard InChI is InChI=1S/C17H23N3S/c1-3-10-18-16-11-14(13-6-4-5-7-13)19-17(20-16)15-9-8-12(2)21-15/h8-9,11,13H,3-7,10H2,1-2H3,(H,18,19,20). The molecule has 2 aromatic rings. The maximum absolute atomic E-state index is 4.87. The maximum Gasteiger partial charge on any atom is 0.171 e. The van der Waals surface area contributed by atoms with Crippen molar-refractivity contribution < 1.29 is 0 Å². The Labute approximate surface area is 130 Å². The Bertz CT molecular complexity index is 600. The molecule has 0 saturated heterocycles. The van der Waals surface area contributed by atoms with Crippen molar-refractivity contribution >= 4 is 17.2 Å². The van der Waals surface area contributed by atoms with E-state index in [-0.39, 0.29) is 0 Å². The molecule has 21 heavy (non-hydrogen) atoms. The van der Waals surface area contributed by atoms with Gasteiger partial charge in [-0.3, -0.25) is 0 Å². The molecule has 112 valence electrons. The highest BCUT2D eigenvalue weighted by molar-refractivity contribution is 7.15. The van der Waals surface area contributed by atoms with Crippen molar-refractivity contribution in [3.63, 3.8) is 0 Å². The van der Waals surface area contributed by atoms with Crippen LogP contribution in [0.2, 0.25) is 0 Å². The summed E-state index contributed by atoms with van der Waals surface area (Å²) in [5.74, 6) is 2.49. The molecule has 2 heterocycles. The van der Waals surface area contributed by atoms with E-state index in [4.69, 9.17) is 9.97 Å². The number of aryl methyl sites for hydroxylation is 1. The van der Waals surface area contributed by atoms with Crippen LogP contribution in [0.25, 0.3) is 10.7 Å². The molecule has 3 nitrogen and oxygen atoms in total. The summed E-state index contributed by atoms with van der Waals surface area (Å²) in [4.78, 5) is 12.1. The van der Waals surface area contributed by atoms with Gasteiger partial charge in [0.1, 0.15) is 5.82 Å². The zero-order chi connectivity index (χ0) is 14.7. The third kappa shape index (κ3) is 3.43. The second-order valence-electron chi connectivity index (χ2n) is 5.82. The van der Waals surface area contributed by atoms with Crippen molar-refractivity contribution in [1.82, 2.24) is 9.97 Å². The van der Waals surface area contributed by atoms with Crippen molar-refractivity contribution in [3.8, 4) is 10.7 Å². The van der Waals surface area contributed by atoms with Crippen LogP contribution in [0.15, 0.2) is 18.2 Å². The van der Waals surface area contributed by atoms with Gasteiger partial charge in [0, 0.05) is 29.1 Å². The molecule has 0 amide bonds. The van der Waals surface area contributed by atoms with Crippen molar-refractivity contribution in [2.75, 3.05) is 11.9 Å². The van der Waals surface area contributed by atoms with Crippen LogP contribution in [0, 0.1) is 6.92 Å². The molecule has 1 aliphatic rings. The lowest BCUT2D eigenvalue weighted by atomic mass is 10.0. The molecule has 0 bridgehead atoms. The fourth-order valence-corrected chi connectivity index (χ4v) is 3.71. The second-order valence-corrected chi connectivity index (χ2v) is 7.11. The summed E-state index contributed by atoms with van der Waals surface area (Å²) >= 11 is 1.77. The van der Waals surface area contributed by atoms with E-state index in [2.05, 4.69) is 37.4 Å². The molecule has 0 atom stereocenters. The van der Waals surface area contributed by atoms with Gasteiger partial charge in [-0.15, -0.1) is 11.3 Å².